The number of alkyl halides is 1. The van der Waals surface area contributed by atoms with Crippen molar-refractivity contribution in [3.63, 3.8) is 0 Å². The van der Waals surface area contributed by atoms with Gasteiger partial charge in [0, 0.05) is 23.9 Å². The third-order valence-corrected chi connectivity index (χ3v) is 2.42. The van der Waals surface area contributed by atoms with Crippen molar-refractivity contribution < 1.29 is 4.79 Å². The van der Waals surface area contributed by atoms with E-state index in [4.69, 9.17) is 11.6 Å². The first-order valence-electron chi connectivity index (χ1n) is 4.08. The van der Waals surface area contributed by atoms with Gasteiger partial charge in [0.1, 0.15) is 0 Å². The summed E-state index contributed by atoms with van der Waals surface area (Å²) in [5.74, 6) is 0.630. The number of aromatic nitrogens is 1. The van der Waals surface area contributed by atoms with Crippen molar-refractivity contribution in [1.82, 2.24) is 4.98 Å². The Morgan fingerprint density at radius 1 is 1.62 bits per heavy atom. The van der Waals surface area contributed by atoms with Gasteiger partial charge >= 0.3 is 0 Å². The molecule has 1 aromatic heterocycles. The van der Waals surface area contributed by atoms with Gasteiger partial charge in [-0.1, -0.05) is 0 Å². The van der Waals surface area contributed by atoms with Crippen molar-refractivity contribution in [2.45, 2.75) is 19.3 Å². The molecule has 0 radical (unpaired) electrons. The maximum Gasteiger partial charge on any atom is 0.226 e. The summed E-state index contributed by atoms with van der Waals surface area (Å²) in [6.07, 6.45) is 3.90. The predicted octanol–water partition coefficient (Wildman–Crippen LogP) is 2.49. The second kappa shape index (κ2) is 5.94. The van der Waals surface area contributed by atoms with Crippen LogP contribution in [0.25, 0.3) is 0 Å². The van der Waals surface area contributed by atoms with E-state index in [9.17, 15) is 4.79 Å². The van der Waals surface area contributed by atoms with Crippen LogP contribution >= 0.6 is 22.9 Å². The van der Waals surface area contributed by atoms with Gasteiger partial charge in [0.05, 0.1) is 0 Å². The minimum absolute atomic E-state index is 0.0140. The van der Waals surface area contributed by atoms with Crippen LogP contribution < -0.4 is 5.32 Å². The molecule has 1 heterocycles. The van der Waals surface area contributed by atoms with E-state index in [1.54, 1.807) is 6.20 Å². The molecule has 0 spiro atoms. The number of thiazole rings is 1. The molecule has 72 valence electrons. The van der Waals surface area contributed by atoms with E-state index in [-0.39, 0.29) is 5.91 Å². The van der Waals surface area contributed by atoms with Gasteiger partial charge in [-0.15, -0.1) is 22.9 Å². The zero-order chi connectivity index (χ0) is 9.52. The van der Waals surface area contributed by atoms with Gasteiger partial charge in [-0.25, -0.2) is 4.98 Å². The second-order valence-electron chi connectivity index (χ2n) is 2.53. The highest BCUT2D eigenvalue weighted by Gasteiger charge is 2.02. The minimum atomic E-state index is 0.0140. The van der Waals surface area contributed by atoms with Crippen molar-refractivity contribution in [2.75, 3.05) is 11.2 Å². The standard InChI is InChI=1S/C8H11ClN2OS/c9-4-2-1-3-7(12)11-8-10-5-6-13-8/h5-6H,1-4H2,(H,10,11,12). The summed E-state index contributed by atoms with van der Waals surface area (Å²) >= 11 is 6.91. The first-order valence-corrected chi connectivity index (χ1v) is 5.49. The SMILES string of the molecule is O=C(CCCCCl)Nc1nccs1. The molecule has 1 rings (SSSR count). The molecule has 0 aliphatic heterocycles. The summed E-state index contributed by atoms with van der Waals surface area (Å²) in [6, 6.07) is 0. The first kappa shape index (κ1) is 10.5. The molecule has 5 heteroatoms. The second-order valence-corrected chi connectivity index (χ2v) is 3.80. The molecule has 1 N–H and O–H groups in total. The molecule has 0 aliphatic carbocycles. The number of nitrogens with one attached hydrogen (secondary N) is 1. The van der Waals surface area contributed by atoms with Crippen LogP contribution in [0.15, 0.2) is 11.6 Å². The topological polar surface area (TPSA) is 42.0 Å². The Morgan fingerprint density at radius 2 is 2.46 bits per heavy atom. The predicted molar refractivity (Wildman–Crippen MR) is 55.3 cm³/mol. The van der Waals surface area contributed by atoms with Crippen molar-refractivity contribution in [2.24, 2.45) is 0 Å². The van der Waals surface area contributed by atoms with Crippen LogP contribution in [0.5, 0.6) is 0 Å². The van der Waals surface area contributed by atoms with Gasteiger partial charge in [-0.05, 0) is 12.8 Å². The van der Waals surface area contributed by atoms with E-state index in [1.807, 2.05) is 5.38 Å². The molecule has 0 saturated heterocycles. The summed E-state index contributed by atoms with van der Waals surface area (Å²) in [5, 5.41) is 5.20. The molecule has 1 aromatic rings. The lowest BCUT2D eigenvalue weighted by molar-refractivity contribution is -0.116. The van der Waals surface area contributed by atoms with Crippen molar-refractivity contribution in [3.8, 4) is 0 Å². The monoisotopic (exact) mass is 218 g/mol. The average molecular weight is 219 g/mol. The summed E-state index contributed by atoms with van der Waals surface area (Å²) in [6.45, 7) is 0. The molecule has 1 amide bonds. The molecule has 0 unspecified atom stereocenters. The Kier molecular flexibility index (Phi) is 4.78. The number of rotatable bonds is 5. The molecule has 0 aromatic carbocycles. The molecule has 0 saturated carbocycles. The van der Waals surface area contributed by atoms with Crippen LogP contribution in [0.2, 0.25) is 0 Å². The molecule has 0 atom stereocenters. The maximum absolute atomic E-state index is 11.2. The van der Waals surface area contributed by atoms with Gasteiger partial charge in [0.25, 0.3) is 0 Å². The van der Waals surface area contributed by atoms with Crippen molar-refractivity contribution in [3.05, 3.63) is 11.6 Å². The fourth-order valence-electron chi connectivity index (χ4n) is 0.847. The summed E-state index contributed by atoms with van der Waals surface area (Å²) in [7, 11) is 0. The van der Waals surface area contributed by atoms with E-state index in [0.29, 0.717) is 17.4 Å². The Labute approximate surface area is 86.1 Å². The van der Waals surface area contributed by atoms with Gasteiger partial charge in [0.2, 0.25) is 5.91 Å². The van der Waals surface area contributed by atoms with Crippen LogP contribution in [-0.4, -0.2) is 16.8 Å². The van der Waals surface area contributed by atoms with Gasteiger partial charge in [-0.3, -0.25) is 4.79 Å². The molecule has 0 fully saturated rings. The number of hydrogen-bond acceptors (Lipinski definition) is 3. The number of carbonyl (C=O) groups is 1. The highest BCUT2D eigenvalue weighted by Crippen LogP contribution is 2.11. The maximum atomic E-state index is 11.2. The van der Waals surface area contributed by atoms with Crippen LogP contribution in [-0.2, 0) is 4.79 Å². The largest absolute Gasteiger partial charge is 0.302 e. The molecular weight excluding hydrogens is 208 g/mol. The third kappa shape index (κ3) is 4.24. The lowest BCUT2D eigenvalue weighted by Gasteiger charge is -1.99. The summed E-state index contributed by atoms with van der Waals surface area (Å²) in [5.41, 5.74) is 0. The van der Waals surface area contributed by atoms with E-state index >= 15 is 0 Å². The smallest absolute Gasteiger partial charge is 0.226 e. The number of amides is 1. The number of anilines is 1. The Hall–Kier alpha value is -0.610. The van der Waals surface area contributed by atoms with Crippen molar-refractivity contribution >= 4 is 34.0 Å². The fraction of sp³-hybridized carbons (Fsp3) is 0.500. The minimum Gasteiger partial charge on any atom is -0.302 e. The highest BCUT2D eigenvalue weighted by atomic mass is 35.5. The Balaban J connectivity index is 2.18. The van der Waals surface area contributed by atoms with E-state index in [1.165, 1.54) is 11.3 Å². The van der Waals surface area contributed by atoms with Crippen LogP contribution in [0.1, 0.15) is 19.3 Å². The summed E-state index contributed by atoms with van der Waals surface area (Å²) in [4.78, 5) is 15.1. The quantitative estimate of drug-likeness (QED) is 0.610. The zero-order valence-corrected chi connectivity index (χ0v) is 8.70. The molecule has 0 bridgehead atoms. The van der Waals surface area contributed by atoms with Gasteiger partial charge in [-0.2, -0.15) is 0 Å². The molecule has 3 nitrogen and oxygen atoms in total. The molecular formula is C8H11ClN2OS. The number of unbranched alkanes of at least 4 members (excludes halogenated alkanes) is 1. The zero-order valence-electron chi connectivity index (χ0n) is 7.12. The Bertz CT molecular complexity index is 251. The van der Waals surface area contributed by atoms with Gasteiger partial charge in [0.15, 0.2) is 5.13 Å². The lowest BCUT2D eigenvalue weighted by atomic mass is 10.2. The van der Waals surface area contributed by atoms with Crippen molar-refractivity contribution in [1.29, 1.82) is 0 Å². The summed E-state index contributed by atoms with van der Waals surface area (Å²) < 4.78 is 0. The highest BCUT2D eigenvalue weighted by molar-refractivity contribution is 7.13. The number of nitrogens with zero attached hydrogens (tertiary/aromatic N) is 1. The fourth-order valence-corrected chi connectivity index (χ4v) is 1.58. The normalized spacial score (nSPS) is 9.92. The average Bonchev–Trinajstić information content (AvgIpc) is 2.57. The number of carbonyl (C=O) groups excluding carboxylic acids is 1. The van der Waals surface area contributed by atoms with E-state index < -0.39 is 0 Å². The first-order chi connectivity index (χ1) is 6.33. The van der Waals surface area contributed by atoms with E-state index in [2.05, 4.69) is 10.3 Å². The number of hydrogen-bond donors (Lipinski definition) is 1. The lowest BCUT2D eigenvalue weighted by Crippen LogP contribution is -2.10. The molecule has 13 heavy (non-hydrogen) atoms. The number of halogens is 1. The third-order valence-electron chi connectivity index (χ3n) is 1.47. The van der Waals surface area contributed by atoms with Gasteiger partial charge < -0.3 is 5.32 Å². The van der Waals surface area contributed by atoms with E-state index in [0.717, 1.165) is 12.8 Å². The Morgan fingerprint density at radius 3 is 3.08 bits per heavy atom. The van der Waals surface area contributed by atoms with Crippen LogP contribution in [0.4, 0.5) is 5.13 Å². The molecule has 0 aliphatic rings. The van der Waals surface area contributed by atoms with Crippen LogP contribution in [0, 0.1) is 0 Å². The van der Waals surface area contributed by atoms with Crippen LogP contribution in [0.3, 0.4) is 0 Å².